The van der Waals surface area contributed by atoms with Gasteiger partial charge in [0.05, 0.1) is 11.6 Å². The Morgan fingerprint density at radius 1 is 1.08 bits per heavy atom. The second-order valence-corrected chi connectivity index (χ2v) is 6.16. The Morgan fingerprint density at radius 3 is 2.48 bits per heavy atom. The highest BCUT2D eigenvalue weighted by Crippen LogP contribution is 2.26. The number of methoxy groups -OCH3 is 1. The van der Waals surface area contributed by atoms with E-state index in [1.165, 1.54) is 7.11 Å². The lowest BCUT2D eigenvalue weighted by Gasteiger charge is -2.08. The first-order chi connectivity index (χ1) is 12.0. The Morgan fingerprint density at radius 2 is 1.80 bits per heavy atom. The van der Waals surface area contributed by atoms with Crippen LogP contribution in [-0.2, 0) is 0 Å². The Balaban J connectivity index is 1.72. The van der Waals surface area contributed by atoms with Crippen LogP contribution in [0.1, 0.15) is 26.5 Å². The van der Waals surface area contributed by atoms with Gasteiger partial charge in [-0.15, -0.1) is 0 Å². The number of rotatable bonds is 3. The topological polar surface area (TPSA) is 80.6 Å². The molecule has 0 spiro atoms. The Labute approximate surface area is 152 Å². The maximum Gasteiger partial charge on any atom is 0.305 e. The zero-order valence-electron chi connectivity index (χ0n) is 13.6. The van der Waals surface area contributed by atoms with Crippen LogP contribution in [0.5, 0.6) is 5.75 Å². The van der Waals surface area contributed by atoms with Gasteiger partial charge >= 0.3 is 5.91 Å². The van der Waals surface area contributed by atoms with Crippen molar-refractivity contribution in [1.82, 2.24) is 10.9 Å². The van der Waals surface area contributed by atoms with Gasteiger partial charge in [-0.05, 0) is 47.1 Å². The van der Waals surface area contributed by atoms with Crippen LogP contribution < -0.4 is 15.6 Å². The van der Waals surface area contributed by atoms with Crippen molar-refractivity contribution < 1.29 is 18.7 Å². The highest BCUT2D eigenvalue weighted by Gasteiger charge is 2.18. The quantitative estimate of drug-likeness (QED) is 0.655. The molecule has 3 aromatic rings. The number of hydrogen-bond donors (Lipinski definition) is 2. The highest BCUT2D eigenvalue weighted by atomic mass is 79.9. The predicted molar refractivity (Wildman–Crippen MR) is 96.6 cm³/mol. The number of halogens is 1. The normalized spacial score (nSPS) is 10.5. The summed E-state index contributed by atoms with van der Waals surface area (Å²) in [4.78, 5) is 24.5. The molecule has 1 aromatic heterocycles. The maximum atomic E-state index is 12.3. The first-order valence-corrected chi connectivity index (χ1v) is 8.23. The number of fused-ring (bicyclic) bond motifs is 1. The van der Waals surface area contributed by atoms with Gasteiger partial charge in [0, 0.05) is 16.5 Å². The molecule has 0 aliphatic carbocycles. The van der Waals surface area contributed by atoms with E-state index < -0.39 is 11.8 Å². The van der Waals surface area contributed by atoms with Crippen molar-refractivity contribution in [2.24, 2.45) is 0 Å². The second-order valence-electron chi connectivity index (χ2n) is 5.31. The van der Waals surface area contributed by atoms with Crippen molar-refractivity contribution in [3.8, 4) is 5.75 Å². The largest absolute Gasteiger partial charge is 0.496 e. The zero-order chi connectivity index (χ0) is 18.0. The summed E-state index contributed by atoms with van der Waals surface area (Å²) in [5.74, 6) is -0.198. The molecule has 0 fully saturated rings. The van der Waals surface area contributed by atoms with Gasteiger partial charge in [0.1, 0.15) is 11.3 Å². The number of furan rings is 1. The number of carbonyl (C=O) groups excluding carboxylic acids is 2. The fourth-order valence-electron chi connectivity index (χ4n) is 2.44. The molecular weight excluding hydrogens is 388 g/mol. The molecule has 6 nitrogen and oxygen atoms in total. The van der Waals surface area contributed by atoms with E-state index in [4.69, 9.17) is 9.15 Å². The van der Waals surface area contributed by atoms with Gasteiger partial charge in [0.2, 0.25) is 0 Å². The van der Waals surface area contributed by atoms with E-state index in [1.807, 2.05) is 18.2 Å². The number of benzene rings is 2. The molecule has 0 bridgehead atoms. The fraction of sp³-hybridized carbons (Fsp3) is 0.111. The van der Waals surface area contributed by atoms with Crippen LogP contribution in [0, 0.1) is 6.92 Å². The summed E-state index contributed by atoms with van der Waals surface area (Å²) in [6.07, 6.45) is 0. The number of aryl methyl sites for hydroxylation is 1. The Bertz CT molecular complexity index is 965. The molecular formula is C18H15BrN2O4. The minimum Gasteiger partial charge on any atom is -0.496 e. The fourth-order valence-corrected chi connectivity index (χ4v) is 2.98. The minimum atomic E-state index is -0.519. The third-order valence-electron chi connectivity index (χ3n) is 3.75. The second kappa shape index (κ2) is 6.98. The summed E-state index contributed by atoms with van der Waals surface area (Å²) in [6, 6.07) is 12.2. The summed E-state index contributed by atoms with van der Waals surface area (Å²) in [7, 11) is 1.54. The predicted octanol–water partition coefficient (Wildman–Crippen LogP) is 3.59. The lowest BCUT2D eigenvalue weighted by molar-refractivity contribution is 0.0831. The van der Waals surface area contributed by atoms with E-state index in [1.54, 1.807) is 31.2 Å². The number of para-hydroxylation sites is 1. The van der Waals surface area contributed by atoms with Crippen LogP contribution in [0.25, 0.3) is 11.0 Å². The van der Waals surface area contributed by atoms with E-state index in [2.05, 4.69) is 26.8 Å². The Hall–Kier alpha value is -2.80. The molecule has 2 amide bonds. The van der Waals surface area contributed by atoms with Gasteiger partial charge in [0.15, 0.2) is 5.76 Å². The molecule has 7 heteroatoms. The van der Waals surface area contributed by atoms with Crippen molar-refractivity contribution in [2.75, 3.05) is 7.11 Å². The number of nitrogens with one attached hydrogen (secondary N) is 2. The van der Waals surface area contributed by atoms with E-state index in [9.17, 15) is 9.59 Å². The average molecular weight is 403 g/mol. The van der Waals surface area contributed by atoms with Crippen molar-refractivity contribution in [3.05, 3.63) is 63.8 Å². The van der Waals surface area contributed by atoms with Crippen LogP contribution in [0.2, 0.25) is 0 Å². The van der Waals surface area contributed by atoms with Gasteiger partial charge in [-0.25, -0.2) is 0 Å². The number of hydrazine groups is 1. The van der Waals surface area contributed by atoms with Crippen LogP contribution in [0.4, 0.5) is 0 Å². The molecule has 0 aliphatic rings. The molecule has 25 heavy (non-hydrogen) atoms. The van der Waals surface area contributed by atoms with Gasteiger partial charge in [-0.2, -0.15) is 0 Å². The van der Waals surface area contributed by atoms with E-state index in [-0.39, 0.29) is 5.76 Å². The smallest absolute Gasteiger partial charge is 0.305 e. The number of ether oxygens (including phenoxy) is 1. The number of amides is 2. The average Bonchev–Trinajstić information content (AvgIpc) is 2.96. The molecule has 0 aliphatic heterocycles. The molecule has 0 saturated carbocycles. The third-order valence-corrected chi connectivity index (χ3v) is 4.37. The summed E-state index contributed by atoms with van der Waals surface area (Å²) < 4.78 is 11.3. The standard InChI is InChI=1S/C18H15BrN2O4/c1-10-12-5-3-4-6-14(12)25-16(10)18(23)21-20-17(22)11-7-8-15(24-2)13(19)9-11/h3-9H,1-2H3,(H,20,22)(H,21,23). The third kappa shape index (κ3) is 3.36. The first kappa shape index (κ1) is 17.0. The lowest BCUT2D eigenvalue weighted by Crippen LogP contribution is -2.41. The zero-order valence-corrected chi connectivity index (χ0v) is 15.1. The first-order valence-electron chi connectivity index (χ1n) is 7.43. The number of hydrogen-bond acceptors (Lipinski definition) is 4. The summed E-state index contributed by atoms with van der Waals surface area (Å²) in [6.45, 7) is 1.79. The Kier molecular flexibility index (Phi) is 4.76. The van der Waals surface area contributed by atoms with Crippen LogP contribution in [0.15, 0.2) is 51.4 Å². The molecule has 0 atom stereocenters. The summed E-state index contributed by atoms with van der Waals surface area (Å²) in [5.41, 5.74) is 6.45. The molecule has 1 heterocycles. The van der Waals surface area contributed by atoms with Gasteiger partial charge in [-0.3, -0.25) is 20.4 Å². The van der Waals surface area contributed by atoms with Gasteiger partial charge < -0.3 is 9.15 Å². The molecule has 0 saturated heterocycles. The molecule has 128 valence electrons. The van der Waals surface area contributed by atoms with E-state index >= 15 is 0 Å². The SMILES string of the molecule is COc1ccc(C(=O)NNC(=O)c2oc3ccccc3c2C)cc1Br. The van der Waals surface area contributed by atoms with E-state index in [0.717, 1.165) is 10.9 Å². The van der Waals surface area contributed by atoms with Crippen molar-refractivity contribution in [3.63, 3.8) is 0 Å². The van der Waals surface area contributed by atoms with Crippen LogP contribution in [0.3, 0.4) is 0 Å². The van der Waals surface area contributed by atoms with Crippen molar-refractivity contribution >= 4 is 38.7 Å². The van der Waals surface area contributed by atoms with E-state index in [0.29, 0.717) is 21.4 Å². The van der Waals surface area contributed by atoms with Crippen molar-refractivity contribution in [1.29, 1.82) is 0 Å². The van der Waals surface area contributed by atoms with Crippen LogP contribution >= 0.6 is 15.9 Å². The number of carbonyl (C=O) groups is 2. The van der Waals surface area contributed by atoms with Crippen LogP contribution in [-0.4, -0.2) is 18.9 Å². The molecule has 0 unspecified atom stereocenters. The lowest BCUT2D eigenvalue weighted by atomic mass is 10.1. The highest BCUT2D eigenvalue weighted by molar-refractivity contribution is 9.10. The van der Waals surface area contributed by atoms with Gasteiger partial charge in [-0.1, -0.05) is 18.2 Å². The molecule has 2 aromatic carbocycles. The molecule has 3 rings (SSSR count). The summed E-state index contributed by atoms with van der Waals surface area (Å²) >= 11 is 3.31. The summed E-state index contributed by atoms with van der Waals surface area (Å²) in [5, 5.41) is 0.859. The maximum absolute atomic E-state index is 12.3. The molecule has 2 N–H and O–H groups in total. The van der Waals surface area contributed by atoms with Gasteiger partial charge in [0.25, 0.3) is 5.91 Å². The van der Waals surface area contributed by atoms with Crippen molar-refractivity contribution in [2.45, 2.75) is 6.92 Å². The molecule has 0 radical (unpaired) electrons. The minimum absolute atomic E-state index is 0.164. The monoisotopic (exact) mass is 402 g/mol.